The molecule has 1 N–H and O–H groups in total. The Morgan fingerprint density at radius 3 is 2.59 bits per heavy atom. The van der Waals surface area contributed by atoms with Crippen LogP contribution in [0.15, 0.2) is 30.3 Å². The lowest BCUT2D eigenvalue weighted by Crippen LogP contribution is -2.52. The van der Waals surface area contributed by atoms with Crippen molar-refractivity contribution in [1.82, 2.24) is 4.90 Å². The summed E-state index contributed by atoms with van der Waals surface area (Å²) in [6, 6.07) is 10.5. The average molecular weight is 304 g/mol. The fraction of sp³-hybridized carbons (Fsp3) is 0.611. The molecular weight excluding hydrogens is 276 g/mol. The van der Waals surface area contributed by atoms with Gasteiger partial charge in [0.15, 0.2) is 0 Å². The number of nitrogens with zero attached hydrogens (tertiary/aromatic N) is 1. The molecule has 122 valence electrons. The van der Waals surface area contributed by atoms with Gasteiger partial charge in [0, 0.05) is 18.3 Å². The molecule has 22 heavy (non-hydrogen) atoms. The van der Waals surface area contributed by atoms with Crippen molar-refractivity contribution in [2.45, 2.75) is 64.6 Å². The topological polar surface area (TPSA) is 41.6 Å². The second-order valence-corrected chi connectivity index (χ2v) is 7.04. The van der Waals surface area contributed by atoms with E-state index in [1.807, 2.05) is 43.9 Å². The monoisotopic (exact) mass is 304 g/mol. The van der Waals surface area contributed by atoms with Crippen LogP contribution in [0.3, 0.4) is 0 Å². The summed E-state index contributed by atoms with van der Waals surface area (Å²) < 4.78 is 5.57. The van der Waals surface area contributed by atoms with Gasteiger partial charge in [-0.1, -0.05) is 18.2 Å². The van der Waals surface area contributed by atoms with Crippen LogP contribution < -0.4 is 5.32 Å². The van der Waals surface area contributed by atoms with Crippen LogP contribution in [-0.4, -0.2) is 35.2 Å². The highest BCUT2D eigenvalue weighted by molar-refractivity contribution is 5.69. The van der Waals surface area contributed by atoms with Crippen LogP contribution in [-0.2, 0) is 4.74 Å². The van der Waals surface area contributed by atoms with E-state index in [-0.39, 0.29) is 18.2 Å². The fourth-order valence-corrected chi connectivity index (χ4v) is 2.92. The zero-order chi connectivity index (χ0) is 16.2. The molecule has 4 nitrogen and oxygen atoms in total. The van der Waals surface area contributed by atoms with Crippen LogP contribution in [0.1, 0.15) is 47.0 Å². The first-order valence-corrected chi connectivity index (χ1v) is 8.18. The van der Waals surface area contributed by atoms with Crippen molar-refractivity contribution in [1.29, 1.82) is 0 Å². The highest BCUT2D eigenvalue weighted by atomic mass is 16.6. The maximum Gasteiger partial charge on any atom is 0.410 e. The van der Waals surface area contributed by atoms with Gasteiger partial charge in [-0.2, -0.15) is 0 Å². The number of anilines is 1. The first kappa shape index (κ1) is 16.7. The number of hydrogen-bond acceptors (Lipinski definition) is 3. The summed E-state index contributed by atoms with van der Waals surface area (Å²) in [7, 11) is 0. The van der Waals surface area contributed by atoms with Crippen molar-refractivity contribution in [3.8, 4) is 0 Å². The van der Waals surface area contributed by atoms with Crippen molar-refractivity contribution in [2.24, 2.45) is 0 Å². The first-order chi connectivity index (χ1) is 10.4. The lowest BCUT2D eigenvalue weighted by molar-refractivity contribution is 0.00813. The number of nitrogens with one attached hydrogen (secondary N) is 1. The Bertz CT molecular complexity index is 482. The third-order valence-corrected chi connectivity index (χ3v) is 3.92. The van der Waals surface area contributed by atoms with Crippen LogP contribution in [0.4, 0.5) is 10.5 Å². The molecule has 1 fully saturated rings. The number of likely N-dealkylation sites (tertiary alicyclic amines) is 1. The number of carbonyl (C=O) groups excluding carboxylic acids is 1. The second-order valence-electron chi connectivity index (χ2n) is 7.04. The molecule has 4 heteroatoms. The lowest BCUT2D eigenvalue weighted by atomic mass is 9.96. The van der Waals surface area contributed by atoms with Gasteiger partial charge in [-0.25, -0.2) is 4.79 Å². The van der Waals surface area contributed by atoms with E-state index in [4.69, 9.17) is 4.74 Å². The highest BCUT2D eigenvalue weighted by Crippen LogP contribution is 2.24. The number of hydrogen-bond donors (Lipinski definition) is 1. The van der Waals surface area contributed by atoms with Gasteiger partial charge in [0.25, 0.3) is 0 Å². The average Bonchev–Trinajstić information content (AvgIpc) is 2.46. The molecule has 0 bridgehead atoms. The van der Waals surface area contributed by atoms with E-state index in [0.29, 0.717) is 0 Å². The van der Waals surface area contributed by atoms with Gasteiger partial charge in [0.05, 0.1) is 6.04 Å². The molecule has 0 unspecified atom stereocenters. The predicted molar refractivity (Wildman–Crippen MR) is 90.1 cm³/mol. The summed E-state index contributed by atoms with van der Waals surface area (Å²) >= 11 is 0. The summed E-state index contributed by atoms with van der Waals surface area (Å²) in [6.07, 6.45) is 3.03. The molecule has 1 aromatic rings. The van der Waals surface area contributed by atoms with E-state index in [0.717, 1.165) is 31.5 Å². The fourth-order valence-electron chi connectivity index (χ4n) is 2.92. The normalized spacial score (nSPS) is 20.4. The van der Waals surface area contributed by atoms with E-state index >= 15 is 0 Å². The number of rotatable bonds is 3. The Morgan fingerprint density at radius 1 is 1.27 bits per heavy atom. The van der Waals surface area contributed by atoms with Crippen LogP contribution in [0, 0.1) is 0 Å². The molecule has 1 saturated heterocycles. The molecule has 1 aliphatic heterocycles. The van der Waals surface area contributed by atoms with Gasteiger partial charge in [-0.15, -0.1) is 0 Å². The van der Waals surface area contributed by atoms with Crippen molar-refractivity contribution in [3.63, 3.8) is 0 Å². The number of para-hydroxylation sites is 1. The molecule has 2 rings (SSSR count). The van der Waals surface area contributed by atoms with Crippen molar-refractivity contribution in [2.75, 3.05) is 11.9 Å². The standard InChI is InChI=1S/C18H28N2O2/c1-14(19-15-10-6-5-7-11-15)16-12-8-9-13-20(16)17(21)22-18(2,3)4/h5-7,10-11,14,16,19H,8-9,12-13H2,1-4H3/t14-,16+/m1/s1. The number of ether oxygens (including phenoxy) is 1. The molecule has 0 aliphatic carbocycles. The Morgan fingerprint density at radius 2 is 1.95 bits per heavy atom. The Kier molecular flexibility index (Phi) is 5.33. The zero-order valence-corrected chi connectivity index (χ0v) is 14.1. The van der Waals surface area contributed by atoms with Crippen molar-refractivity contribution in [3.05, 3.63) is 30.3 Å². The van der Waals surface area contributed by atoms with E-state index in [1.165, 1.54) is 0 Å². The molecular formula is C18H28N2O2. The van der Waals surface area contributed by atoms with Gasteiger partial charge < -0.3 is 15.0 Å². The molecule has 0 saturated carbocycles. The Labute approximate surface area is 133 Å². The molecule has 1 aliphatic rings. The summed E-state index contributed by atoms with van der Waals surface area (Å²) in [5.74, 6) is 0. The molecule has 1 heterocycles. The third-order valence-electron chi connectivity index (χ3n) is 3.92. The van der Waals surface area contributed by atoms with Crippen molar-refractivity contribution < 1.29 is 9.53 Å². The largest absolute Gasteiger partial charge is 0.444 e. The van der Waals surface area contributed by atoms with E-state index in [2.05, 4.69) is 24.4 Å². The molecule has 0 aromatic heterocycles. The van der Waals surface area contributed by atoms with Gasteiger partial charge >= 0.3 is 6.09 Å². The van der Waals surface area contributed by atoms with Gasteiger partial charge in [-0.05, 0) is 59.1 Å². The summed E-state index contributed by atoms with van der Waals surface area (Å²) in [5, 5.41) is 3.51. The second kappa shape index (κ2) is 7.03. The number of amides is 1. The number of carbonyl (C=O) groups is 1. The van der Waals surface area contributed by atoms with E-state index < -0.39 is 5.60 Å². The quantitative estimate of drug-likeness (QED) is 0.906. The number of benzene rings is 1. The molecule has 2 atom stereocenters. The predicted octanol–water partition coefficient (Wildman–Crippen LogP) is 4.28. The smallest absolute Gasteiger partial charge is 0.410 e. The summed E-state index contributed by atoms with van der Waals surface area (Å²) in [6.45, 7) is 8.65. The highest BCUT2D eigenvalue weighted by Gasteiger charge is 2.33. The lowest BCUT2D eigenvalue weighted by Gasteiger charge is -2.40. The van der Waals surface area contributed by atoms with Gasteiger partial charge in [0.2, 0.25) is 0 Å². The zero-order valence-electron chi connectivity index (χ0n) is 14.1. The van der Waals surface area contributed by atoms with Crippen LogP contribution in [0.25, 0.3) is 0 Å². The minimum Gasteiger partial charge on any atom is -0.444 e. The SMILES string of the molecule is C[C@@H](Nc1ccccc1)[C@@H]1CCCCN1C(=O)OC(C)(C)C. The van der Waals surface area contributed by atoms with Gasteiger partial charge in [0.1, 0.15) is 5.60 Å². The molecule has 1 aromatic carbocycles. The summed E-state index contributed by atoms with van der Waals surface area (Å²) in [5.41, 5.74) is 0.638. The van der Waals surface area contributed by atoms with Crippen LogP contribution >= 0.6 is 0 Å². The Hall–Kier alpha value is -1.71. The van der Waals surface area contributed by atoms with Crippen LogP contribution in [0.2, 0.25) is 0 Å². The van der Waals surface area contributed by atoms with E-state index in [1.54, 1.807) is 0 Å². The summed E-state index contributed by atoms with van der Waals surface area (Å²) in [4.78, 5) is 14.4. The molecule has 0 spiro atoms. The molecule has 1 amide bonds. The van der Waals surface area contributed by atoms with Crippen LogP contribution in [0.5, 0.6) is 0 Å². The maximum absolute atomic E-state index is 12.5. The first-order valence-electron chi connectivity index (χ1n) is 8.18. The Balaban J connectivity index is 2.04. The number of piperidine rings is 1. The molecule has 0 radical (unpaired) electrons. The third kappa shape index (κ3) is 4.65. The van der Waals surface area contributed by atoms with Gasteiger partial charge in [-0.3, -0.25) is 0 Å². The minimum absolute atomic E-state index is 0.170. The van der Waals surface area contributed by atoms with E-state index in [9.17, 15) is 4.79 Å². The minimum atomic E-state index is -0.449. The van der Waals surface area contributed by atoms with Crippen molar-refractivity contribution >= 4 is 11.8 Å². The maximum atomic E-state index is 12.5.